The first-order valence-electron chi connectivity index (χ1n) is 10.00. The Labute approximate surface area is 181 Å². The predicted octanol–water partition coefficient (Wildman–Crippen LogP) is -6.93. The van der Waals surface area contributed by atoms with Gasteiger partial charge in [0.1, 0.15) is 67.1 Å². The van der Waals surface area contributed by atoms with E-state index >= 15 is 0 Å². The van der Waals surface area contributed by atoms with Crippen molar-refractivity contribution in [3.63, 3.8) is 0 Å². The highest BCUT2D eigenvalue weighted by Gasteiger charge is 2.52. The van der Waals surface area contributed by atoms with Crippen molar-refractivity contribution >= 4 is 0 Å². The lowest BCUT2D eigenvalue weighted by molar-refractivity contribution is -0.372. The first-order valence-corrected chi connectivity index (χ1v) is 10.00. The Bertz CT molecular complexity index is 592. The molecule has 0 aromatic rings. The van der Waals surface area contributed by atoms with Crippen LogP contribution in [0.3, 0.4) is 0 Å². The molecule has 3 heterocycles. The first kappa shape index (κ1) is 26.0. The van der Waals surface area contributed by atoms with Crippen LogP contribution in [0.1, 0.15) is 0 Å². The van der Waals surface area contributed by atoms with E-state index in [-0.39, 0.29) is 6.61 Å². The van der Waals surface area contributed by atoms with Crippen molar-refractivity contribution in [3.05, 3.63) is 0 Å². The molecule has 0 aromatic carbocycles. The van der Waals surface area contributed by atoms with Crippen LogP contribution in [0.4, 0.5) is 0 Å². The second kappa shape index (κ2) is 10.8. The molecule has 0 amide bonds. The van der Waals surface area contributed by atoms with Crippen LogP contribution in [0.5, 0.6) is 0 Å². The Hall–Kier alpha value is -0.600. The average molecular weight is 474 g/mol. The standard InChI is InChI=1S/C17H30O15/c18-1-5-13(8(22)10(24)15(27)29-5)32-17-12(26)9(23)14(6(2-19)30-17)31-16-11(25)7(21)4(20)3-28-16/h4-27H,1-3H2/t4-,5-,6-,7+,8-,9-,10-,11-,12-,13-,14-,15-,16-,17+/m1/s1. The maximum Gasteiger partial charge on any atom is 0.187 e. The minimum absolute atomic E-state index is 0.388. The summed E-state index contributed by atoms with van der Waals surface area (Å²) in [7, 11) is 0. The molecule has 188 valence electrons. The normalized spacial score (nSPS) is 52.7. The van der Waals surface area contributed by atoms with Crippen LogP contribution in [0.15, 0.2) is 0 Å². The van der Waals surface area contributed by atoms with E-state index in [2.05, 4.69) is 0 Å². The fraction of sp³-hybridized carbons (Fsp3) is 1.00. The van der Waals surface area contributed by atoms with Gasteiger partial charge in [0.2, 0.25) is 0 Å². The maximum atomic E-state index is 10.5. The van der Waals surface area contributed by atoms with E-state index in [0.717, 1.165) is 0 Å². The van der Waals surface area contributed by atoms with Crippen LogP contribution in [0, 0.1) is 0 Å². The maximum absolute atomic E-state index is 10.5. The number of hydrogen-bond donors (Lipinski definition) is 10. The van der Waals surface area contributed by atoms with E-state index in [0.29, 0.717) is 0 Å². The molecule has 0 radical (unpaired) electrons. The molecule has 0 spiro atoms. The summed E-state index contributed by atoms with van der Waals surface area (Å²) in [4.78, 5) is 0. The third kappa shape index (κ3) is 5.07. The molecule has 3 aliphatic rings. The van der Waals surface area contributed by atoms with Crippen LogP contribution >= 0.6 is 0 Å². The van der Waals surface area contributed by atoms with Crippen LogP contribution in [-0.4, -0.2) is 157 Å². The van der Waals surface area contributed by atoms with Crippen molar-refractivity contribution in [2.75, 3.05) is 19.8 Å². The number of hydrogen-bond acceptors (Lipinski definition) is 15. The number of aliphatic hydroxyl groups excluding tert-OH is 10. The van der Waals surface area contributed by atoms with Gasteiger partial charge in [-0.15, -0.1) is 0 Å². The Morgan fingerprint density at radius 2 is 1.09 bits per heavy atom. The van der Waals surface area contributed by atoms with E-state index < -0.39 is 99.2 Å². The van der Waals surface area contributed by atoms with E-state index in [1.807, 2.05) is 0 Å². The molecule has 3 aliphatic heterocycles. The Morgan fingerprint density at radius 1 is 0.594 bits per heavy atom. The number of aliphatic hydroxyl groups is 10. The summed E-state index contributed by atoms with van der Waals surface area (Å²) in [6.07, 6.45) is -22.6. The number of rotatable bonds is 6. The molecule has 0 aliphatic carbocycles. The Balaban J connectivity index is 1.69. The molecule has 3 fully saturated rings. The highest BCUT2D eigenvalue weighted by molar-refractivity contribution is 4.95. The van der Waals surface area contributed by atoms with E-state index in [4.69, 9.17) is 23.7 Å². The van der Waals surface area contributed by atoms with Crippen LogP contribution in [0.25, 0.3) is 0 Å². The fourth-order valence-corrected chi connectivity index (χ4v) is 3.78. The van der Waals surface area contributed by atoms with Gasteiger partial charge in [0, 0.05) is 0 Å². The molecule has 0 bridgehead atoms. The van der Waals surface area contributed by atoms with Crippen LogP contribution < -0.4 is 0 Å². The molecule has 0 aromatic heterocycles. The van der Waals surface area contributed by atoms with Gasteiger partial charge < -0.3 is 74.7 Å². The monoisotopic (exact) mass is 474 g/mol. The van der Waals surface area contributed by atoms with Gasteiger partial charge in [-0.2, -0.15) is 0 Å². The zero-order valence-corrected chi connectivity index (χ0v) is 16.7. The minimum atomic E-state index is -1.85. The minimum Gasteiger partial charge on any atom is -0.394 e. The largest absolute Gasteiger partial charge is 0.394 e. The van der Waals surface area contributed by atoms with Crippen LogP contribution in [0.2, 0.25) is 0 Å². The second-order valence-electron chi connectivity index (χ2n) is 7.89. The zero-order chi connectivity index (χ0) is 23.7. The topological polar surface area (TPSA) is 248 Å². The van der Waals surface area contributed by atoms with E-state index in [9.17, 15) is 51.1 Å². The Morgan fingerprint density at radius 3 is 1.69 bits per heavy atom. The van der Waals surface area contributed by atoms with Crippen molar-refractivity contribution in [2.24, 2.45) is 0 Å². The lowest BCUT2D eigenvalue weighted by atomic mass is 9.96. The van der Waals surface area contributed by atoms with Crippen molar-refractivity contribution in [2.45, 2.75) is 86.0 Å². The van der Waals surface area contributed by atoms with Crippen LogP contribution in [-0.2, 0) is 23.7 Å². The van der Waals surface area contributed by atoms with E-state index in [1.165, 1.54) is 0 Å². The quantitative estimate of drug-likeness (QED) is 0.172. The molecule has 15 nitrogen and oxygen atoms in total. The Kier molecular flexibility index (Phi) is 8.75. The molecule has 0 unspecified atom stereocenters. The third-order valence-corrected chi connectivity index (χ3v) is 5.70. The van der Waals surface area contributed by atoms with Crippen molar-refractivity contribution in [3.8, 4) is 0 Å². The summed E-state index contributed by atoms with van der Waals surface area (Å²) >= 11 is 0. The molecule has 14 atom stereocenters. The van der Waals surface area contributed by atoms with Gasteiger partial charge in [-0.1, -0.05) is 0 Å². The molecule has 10 N–H and O–H groups in total. The predicted molar refractivity (Wildman–Crippen MR) is 95.2 cm³/mol. The summed E-state index contributed by atoms with van der Waals surface area (Å²) < 4.78 is 26.3. The van der Waals surface area contributed by atoms with Crippen molar-refractivity contribution in [1.82, 2.24) is 0 Å². The second-order valence-corrected chi connectivity index (χ2v) is 7.89. The lowest BCUT2D eigenvalue weighted by Gasteiger charge is -2.47. The zero-order valence-electron chi connectivity index (χ0n) is 16.7. The van der Waals surface area contributed by atoms with Gasteiger partial charge in [-0.05, 0) is 0 Å². The molecule has 3 saturated heterocycles. The summed E-state index contributed by atoms with van der Waals surface area (Å²) in [6.45, 7) is -1.89. The van der Waals surface area contributed by atoms with Gasteiger partial charge >= 0.3 is 0 Å². The van der Waals surface area contributed by atoms with Gasteiger partial charge in [-0.3, -0.25) is 0 Å². The smallest absolute Gasteiger partial charge is 0.187 e. The average Bonchev–Trinajstić information content (AvgIpc) is 2.78. The molecular weight excluding hydrogens is 444 g/mol. The van der Waals surface area contributed by atoms with Gasteiger partial charge in [0.15, 0.2) is 18.9 Å². The highest BCUT2D eigenvalue weighted by atomic mass is 16.7. The molecule has 3 rings (SSSR count). The van der Waals surface area contributed by atoms with Gasteiger partial charge in [-0.25, -0.2) is 0 Å². The SMILES string of the molecule is OC[C@H]1O[C@@H](O)[C@H](O)[C@@H](O)[C@@H]1O[C@@H]1O[C@H](CO)[C@@H](O[C@H]2OC[C@@H](O)[C@H](O)[C@H]2O)[C@H](O)[C@H]1O. The highest BCUT2D eigenvalue weighted by Crippen LogP contribution is 2.31. The fourth-order valence-electron chi connectivity index (χ4n) is 3.78. The number of ether oxygens (including phenoxy) is 5. The molecule has 15 heteroatoms. The van der Waals surface area contributed by atoms with Crippen molar-refractivity contribution in [1.29, 1.82) is 0 Å². The van der Waals surface area contributed by atoms with Crippen molar-refractivity contribution < 1.29 is 74.7 Å². The summed E-state index contributed by atoms with van der Waals surface area (Å²) in [6, 6.07) is 0. The summed E-state index contributed by atoms with van der Waals surface area (Å²) in [5.41, 5.74) is 0. The van der Waals surface area contributed by atoms with E-state index in [1.54, 1.807) is 0 Å². The first-order chi connectivity index (χ1) is 15.1. The molecule has 32 heavy (non-hydrogen) atoms. The third-order valence-electron chi connectivity index (χ3n) is 5.70. The summed E-state index contributed by atoms with van der Waals surface area (Å²) in [5.74, 6) is 0. The van der Waals surface area contributed by atoms with Gasteiger partial charge in [0.25, 0.3) is 0 Å². The lowest BCUT2D eigenvalue weighted by Crippen LogP contribution is -2.66. The molecule has 0 saturated carbocycles. The summed E-state index contributed by atoms with van der Waals surface area (Å²) in [5, 5.41) is 98.9. The van der Waals surface area contributed by atoms with Gasteiger partial charge in [0.05, 0.1) is 19.8 Å². The molecular formula is C17H30O15.